The third-order valence-electron chi connectivity index (χ3n) is 1.68. The highest BCUT2D eigenvalue weighted by molar-refractivity contribution is 5.97. The highest BCUT2D eigenvalue weighted by Crippen LogP contribution is 2.06. The highest BCUT2D eigenvalue weighted by Gasteiger charge is 2.08. The van der Waals surface area contributed by atoms with Gasteiger partial charge in [0.05, 0.1) is 12.7 Å². The molecule has 3 N–H and O–H groups in total. The summed E-state index contributed by atoms with van der Waals surface area (Å²) in [5.41, 5.74) is 2.60. The van der Waals surface area contributed by atoms with Crippen LogP contribution in [0.3, 0.4) is 0 Å². The Kier molecular flexibility index (Phi) is 6.55. The standard InChI is InChI=1S/C9H10N2O3.C2H6/c1-14-9(13)7-4-2-3-6(5-7)8(12)11-10;1-2/h2-5H,10H2,1H3,(H,11,12);1-2H3. The van der Waals surface area contributed by atoms with Gasteiger partial charge in [0.15, 0.2) is 0 Å². The molecule has 88 valence electrons. The molecule has 0 heterocycles. The second-order valence-corrected chi connectivity index (χ2v) is 2.55. The third-order valence-corrected chi connectivity index (χ3v) is 1.68. The molecule has 1 rings (SSSR count). The van der Waals surface area contributed by atoms with Crippen molar-refractivity contribution in [3.63, 3.8) is 0 Å². The van der Waals surface area contributed by atoms with E-state index in [0.29, 0.717) is 11.1 Å². The number of rotatable bonds is 2. The summed E-state index contributed by atoms with van der Waals surface area (Å²) in [6.45, 7) is 4.00. The predicted octanol–water partition coefficient (Wildman–Crippen LogP) is 1.10. The topological polar surface area (TPSA) is 81.4 Å². The molecule has 0 saturated carbocycles. The first-order valence-corrected chi connectivity index (χ1v) is 4.88. The van der Waals surface area contributed by atoms with Gasteiger partial charge in [0.1, 0.15) is 0 Å². The first-order valence-electron chi connectivity index (χ1n) is 4.88. The normalized spacial score (nSPS) is 8.50. The van der Waals surface area contributed by atoms with Crippen LogP contribution in [0.1, 0.15) is 34.6 Å². The lowest BCUT2D eigenvalue weighted by molar-refractivity contribution is 0.0600. The molecule has 1 aromatic carbocycles. The highest BCUT2D eigenvalue weighted by atomic mass is 16.5. The van der Waals surface area contributed by atoms with Gasteiger partial charge in [-0.2, -0.15) is 0 Å². The number of nitrogens with two attached hydrogens (primary N) is 1. The number of esters is 1. The molecular weight excluding hydrogens is 208 g/mol. The van der Waals surface area contributed by atoms with Crippen LogP contribution in [0.4, 0.5) is 0 Å². The van der Waals surface area contributed by atoms with Crippen LogP contribution in [0.2, 0.25) is 0 Å². The van der Waals surface area contributed by atoms with E-state index in [1.807, 2.05) is 19.3 Å². The summed E-state index contributed by atoms with van der Waals surface area (Å²) >= 11 is 0. The van der Waals surface area contributed by atoms with Crippen molar-refractivity contribution in [3.8, 4) is 0 Å². The van der Waals surface area contributed by atoms with E-state index in [9.17, 15) is 9.59 Å². The number of ether oxygens (including phenoxy) is 1. The number of hydrogen-bond acceptors (Lipinski definition) is 4. The number of carbonyl (C=O) groups excluding carboxylic acids is 2. The Morgan fingerprint density at radius 1 is 1.25 bits per heavy atom. The zero-order valence-corrected chi connectivity index (χ0v) is 9.61. The molecule has 5 nitrogen and oxygen atoms in total. The van der Waals surface area contributed by atoms with Crippen LogP contribution in [-0.4, -0.2) is 19.0 Å². The summed E-state index contributed by atoms with van der Waals surface area (Å²) in [5.74, 6) is 4.01. The van der Waals surface area contributed by atoms with Crippen LogP contribution in [0.15, 0.2) is 24.3 Å². The third kappa shape index (κ3) is 3.70. The molecule has 0 aliphatic carbocycles. The average Bonchev–Trinajstić information content (AvgIpc) is 2.39. The van der Waals surface area contributed by atoms with Crippen molar-refractivity contribution >= 4 is 11.9 Å². The number of hydrazine groups is 1. The van der Waals surface area contributed by atoms with Gasteiger partial charge in [-0.1, -0.05) is 19.9 Å². The summed E-state index contributed by atoms with van der Waals surface area (Å²) in [5, 5.41) is 0. The summed E-state index contributed by atoms with van der Waals surface area (Å²) in [6.07, 6.45) is 0. The Labute approximate surface area is 94.6 Å². The summed E-state index contributed by atoms with van der Waals surface area (Å²) in [6, 6.07) is 6.10. The molecule has 0 aliphatic heterocycles. The number of methoxy groups -OCH3 is 1. The van der Waals surface area contributed by atoms with Gasteiger partial charge in [-0.05, 0) is 18.2 Å². The maximum absolute atomic E-state index is 11.1. The molecule has 0 bridgehead atoms. The van der Waals surface area contributed by atoms with Gasteiger partial charge in [-0.25, -0.2) is 10.6 Å². The fourth-order valence-corrected chi connectivity index (χ4v) is 0.989. The maximum atomic E-state index is 11.1. The van der Waals surface area contributed by atoms with Crippen LogP contribution in [-0.2, 0) is 4.74 Å². The van der Waals surface area contributed by atoms with Crippen molar-refractivity contribution in [1.82, 2.24) is 5.43 Å². The van der Waals surface area contributed by atoms with Gasteiger partial charge in [0.2, 0.25) is 0 Å². The van der Waals surface area contributed by atoms with E-state index >= 15 is 0 Å². The fourth-order valence-electron chi connectivity index (χ4n) is 0.989. The number of benzene rings is 1. The summed E-state index contributed by atoms with van der Waals surface area (Å²) < 4.78 is 4.50. The Morgan fingerprint density at radius 3 is 2.31 bits per heavy atom. The molecule has 0 unspecified atom stereocenters. The van der Waals surface area contributed by atoms with Gasteiger partial charge in [0.25, 0.3) is 5.91 Å². The summed E-state index contributed by atoms with van der Waals surface area (Å²) in [7, 11) is 1.28. The van der Waals surface area contributed by atoms with Gasteiger partial charge in [0, 0.05) is 5.56 Å². The Hall–Kier alpha value is -1.88. The molecule has 1 amide bonds. The SMILES string of the molecule is CC.COC(=O)c1cccc(C(=O)NN)c1. The molecule has 1 aromatic rings. The lowest BCUT2D eigenvalue weighted by atomic mass is 10.1. The number of nitrogens with one attached hydrogen (secondary N) is 1. The minimum absolute atomic E-state index is 0.314. The van der Waals surface area contributed by atoms with E-state index in [1.165, 1.54) is 13.2 Å². The Bertz CT molecular complexity index is 333. The average molecular weight is 224 g/mol. The Balaban J connectivity index is 0.00000106. The van der Waals surface area contributed by atoms with Gasteiger partial charge in [-0.15, -0.1) is 0 Å². The van der Waals surface area contributed by atoms with Crippen molar-refractivity contribution in [3.05, 3.63) is 35.4 Å². The second kappa shape index (κ2) is 7.42. The van der Waals surface area contributed by atoms with Crippen LogP contribution >= 0.6 is 0 Å². The van der Waals surface area contributed by atoms with E-state index in [4.69, 9.17) is 5.84 Å². The van der Waals surface area contributed by atoms with Crippen LogP contribution < -0.4 is 11.3 Å². The number of carbonyl (C=O) groups is 2. The maximum Gasteiger partial charge on any atom is 0.337 e. The lowest BCUT2D eigenvalue weighted by Crippen LogP contribution is -2.30. The summed E-state index contributed by atoms with van der Waals surface area (Å²) in [4.78, 5) is 22.2. The molecular formula is C11H16N2O3. The van der Waals surface area contributed by atoms with Crippen molar-refractivity contribution in [1.29, 1.82) is 0 Å². The van der Waals surface area contributed by atoms with E-state index in [2.05, 4.69) is 4.74 Å². The smallest absolute Gasteiger partial charge is 0.337 e. The van der Waals surface area contributed by atoms with Gasteiger partial charge in [-0.3, -0.25) is 10.2 Å². The zero-order chi connectivity index (χ0) is 12.6. The molecule has 0 fully saturated rings. The molecule has 5 heteroatoms. The molecule has 0 spiro atoms. The van der Waals surface area contributed by atoms with E-state index in [0.717, 1.165) is 0 Å². The molecule has 0 saturated heterocycles. The minimum Gasteiger partial charge on any atom is -0.465 e. The molecule has 0 aromatic heterocycles. The van der Waals surface area contributed by atoms with Crippen LogP contribution in [0, 0.1) is 0 Å². The lowest BCUT2D eigenvalue weighted by Gasteiger charge is -2.02. The first-order chi connectivity index (χ1) is 7.69. The van der Waals surface area contributed by atoms with Crippen molar-refractivity contribution in [2.75, 3.05) is 7.11 Å². The quantitative estimate of drug-likeness (QED) is 0.341. The minimum atomic E-state index is -0.489. The van der Waals surface area contributed by atoms with Gasteiger partial charge < -0.3 is 4.74 Å². The largest absolute Gasteiger partial charge is 0.465 e. The van der Waals surface area contributed by atoms with E-state index in [1.54, 1.807) is 18.2 Å². The Morgan fingerprint density at radius 2 is 1.81 bits per heavy atom. The first kappa shape index (κ1) is 14.1. The monoisotopic (exact) mass is 224 g/mol. The number of amides is 1. The molecule has 0 atom stereocenters. The second-order valence-electron chi connectivity index (χ2n) is 2.55. The van der Waals surface area contributed by atoms with Crippen molar-refractivity contribution < 1.29 is 14.3 Å². The predicted molar refractivity (Wildman–Crippen MR) is 60.8 cm³/mol. The fraction of sp³-hybridized carbons (Fsp3) is 0.273. The molecule has 0 aliphatic rings. The number of nitrogen functional groups attached to an aromatic ring is 1. The van der Waals surface area contributed by atoms with Crippen LogP contribution in [0.5, 0.6) is 0 Å². The van der Waals surface area contributed by atoms with Crippen molar-refractivity contribution in [2.24, 2.45) is 5.84 Å². The van der Waals surface area contributed by atoms with E-state index in [-0.39, 0.29) is 0 Å². The molecule has 0 radical (unpaired) electrons. The number of hydrogen-bond donors (Lipinski definition) is 2. The zero-order valence-electron chi connectivity index (χ0n) is 9.61. The van der Waals surface area contributed by atoms with Crippen LogP contribution in [0.25, 0.3) is 0 Å². The van der Waals surface area contributed by atoms with E-state index < -0.39 is 11.9 Å². The van der Waals surface area contributed by atoms with Gasteiger partial charge >= 0.3 is 5.97 Å². The molecule has 16 heavy (non-hydrogen) atoms. The van der Waals surface area contributed by atoms with Crippen molar-refractivity contribution in [2.45, 2.75) is 13.8 Å².